The van der Waals surface area contributed by atoms with E-state index in [1.165, 1.54) is 4.90 Å². The molecule has 260 valence electrons. The molecule has 4 atom stereocenters. The molecular formula is C39H46N2O8. The van der Waals surface area contributed by atoms with E-state index in [2.05, 4.69) is 17.1 Å². The van der Waals surface area contributed by atoms with Gasteiger partial charge in [0.2, 0.25) is 0 Å². The quantitative estimate of drug-likeness (QED) is 0.129. The first-order valence-electron chi connectivity index (χ1n) is 17.2. The second kappa shape index (κ2) is 18.1. The molecule has 0 bridgehead atoms. The van der Waals surface area contributed by atoms with E-state index >= 15 is 0 Å². The van der Waals surface area contributed by atoms with Gasteiger partial charge >= 0.3 is 6.09 Å². The predicted octanol–water partition coefficient (Wildman–Crippen LogP) is 6.81. The van der Waals surface area contributed by atoms with Crippen LogP contribution in [0.4, 0.5) is 4.79 Å². The number of carbonyl (C=O) groups is 1. The van der Waals surface area contributed by atoms with Crippen molar-refractivity contribution in [2.45, 2.75) is 63.3 Å². The first-order chi connectivity index (χ1) is 24.1. The van der Waals surface area contributed by atoms with Gasteiger partial charge in [0.15, 0.2) is 6.29 Å². The monoisotopic (exact) mass is 670 g/mol. The Labute approximate surface area is 287 Å². The highest BCUT2D eigenvalue weighted by molar-refractivity contribution is 5.78. The number of carboxylic acid groups (broad SMARTS) is 1. The molecule has 0 radical (unpaired) electrons. The Morgan fingerprint density at radius 2 is 1.63 bits per heavy atom. The van der Waals surface area contributed by atoms with Crippen LogP contribution in [0.3, 0.4) is 0 Å². The zero-order valence-corrected chi connectivity index (χ0v) is 27.9. The molecule has 2 fully saturated rings. The Balaban J connectivity index is 1.11. The summed E-state index contributed by atoms with van der Waals surface area (Å²) in [6.07, 6.45) is 3.43. The molecule has 6 rings (SSSR count). The highest BCUT2D eigenvalue weighted by atomic mass is 16.7. The summed E-state index contributed by atoms with van der Waals surface area (Å²) >= 11 is 0. The number of rotatable bonds is 16. The van der Waals surface area contributed by atoms with Crippen LogP contribution in [0, 0.1) is 0 Å². The van der Waals surface area contributed by atoms with E-state index in [0.29, 0.717) is 46.2 Å². The summed E-state index contributed by atoms with van der Waals surface area (Å²) in [6.45, 7) is 3.86. The SMILES string of the molecule is O=C(O)N1C[C@@H](OCCO[C@H]2CCCCO2)[C@@H](c2ccc(OCCCOCc3ccccc3)cc2)[C@H](OCc2ccc3cccnc3c2)C1. The normalized spacial score (nSPS) is 21.1. The summed E-state index contributed by atoms with van der Waals surface area (Å²) in [4.78, 5) is 18.1. The lowest BCUT2D eigenvalue weighted by Crippen LogP contribution is -2.54. The van der Waals surface area contributed by atoms with E-state index in [9.17, 15) is 9.90 Å². The van der Waals surface area contributed by atoms with E-state index in [1.54, 1.807) is 6.20 Å². The minimum atomic E-state index is -1.00. The maximum atomic E-state index is 12.3. The minimum absolute atomic E-state index is 0.217. The van der Waals surface area contributed by atoms with Crippen molar-refractivity contribution in [1.29, 1.82) is 0 Å². The number of aromatic nitrogens is 1. The number of hydrogen-bond donors (Lipinski definition) is 1. The zero-order chi connectivity index (χ0) is 33.7. The van der Waals surface area contributed by atoms with Crippen molar-refractivity contribution in [2.75, 3.05) is 46.1 Å². The maximum Gasteiger partial charge on any atom is 0.407 e. The van der Waals surface area contributed by atoms with Gasteiger partial charge in [-0.15, -0.1) is 0 Å². The Bertz CT molecular complexity index is 1580. The third-order valence-corrected chi connectivity index (χ3v) is 8.94. The van der Waals surface area contributed by atoms with Crippen molar-refractivity contribution in [1.82, 2.24) is 9.88 Å². The number of fused-ring (bicyclic) bond motifs is 1. The van der Waals surface area contributed by atoms with Crippen LogP contribution in [0.5, 0.6) is 5.75 Å². The molecule has 0 unspecified atom stereocenters. The number of pyridine rings is 1. The topological polar surface area (TPSA) is 109 Å². The van der Waals surface area contributed by atoms with Gasteiger partial charge in [0.05, 0.1) is 70.5 Å². The molecule has 2 aliphatic rings. The number of ether oxygens (including phenoxy) is 6. The Morgan fingerprint density at radius 1 is 0.816 bits per heavy atom. The van der Waals surface area contributed by atoms with Gasteiger partial charge in [0.1, 0.15) is 5.75 Å². The molecule has 10 heteroatoms. The van der Waals surface area contributed by atoms with Gasteiger partial charge in [-0.05, 0) is 60.2 Å². The summed E-state index contributed by atoms with van der Waals surface area (Å²) in [5, 5.41) is 11.1. The molecule has 1 aromatic heterocycles. The molecule has 0 aliphatic carbocycles. The predicted molar refractivity (Wildman–Crippen MR) is 185 cm³/mol. The standard InChI is InChI=1S/C39H46N2O8/c42-39(43)41-25-35(46-22-23-48-37-11-4-5-20-47-37)38(36(26-41)49-28-30-12-13-31-10-6-18-40-34(31)24-30)32-14-16-33(17-15-32)45-21-7-19-44-27-29-8-2-1-3-9-29/h1-3,6,8-10,12-18,24,35-38H,4-5,7,11,19-23,25-28H2,(H,42,43)/t35-,36-,37+,38-/m1/s1. The van der Waals surface area contributed by atoms with Crippen molar-refractivity contribution in [3.05, 3.63) is 108 Å². The molecule has 1 N–H and O–H groups in total. The summed E-state index contributed by atoms with van der Waals surface area (Å²) in [6, 6.07) is 28.1. The molecule has 2 aliphatic heterocycles. The fraction of sp³-hybridized carbons (Fsp3) is 0.436. The number of amides is 1. The van der Waals surface area contributed by atoms with Crippen LogP contribution in [0.1, 0.15) is 48.3 Å². The molecule has 4 aromatic rings. The van der Waals surface area contributed by atoms with Gasteiger partial charge in [-0.1, -0.05) is 60.7 Å². The van der Waals surface area contributed by atoms with E-state index < -0.39 is 18.3 Å². The van der Waals surface area contributed by atoms with Crippen LogP contribution < -0.4 is 4.74 Å². The molecular weight excluding hydrogens is 624 g/mol. The Kier molecular flexibility index (Phi) is 12.8. The highest BCUT2D eigenvalue weighted by Crippen LogP contribution is 2.34. The van der Waals surface area contributed by atoms with Crippen LogP contribution >= 0.6 is 0 Å². The first kappa shape index (κ1) is 34.8. The molecule has 49 heavy (non-hydrogen) atoms. The van der Waals surface area contributed by atoms with E-state index in [1.807, 2.05) is 72.8 Å². The number of nitrogens with zero attached hydrogens (tertiary/aromatic N) is 2. The minimum Gasteiger partial charge on any atom is -0.494 e. The Morgan fingerprint density at radius 3 is 2.43 bits per heavy atom. The number of likely N-dealkylation sites (tertiary alicyclic amines) is 1. The summed E-state index contributed by atoms with van der Waals surface area (Å²) < 4.78 is 36.4. The van der Waals surface area contributed by atoms with Crippen molar-refractivity contribution < 1.29 is 38.3 Å². The van der Waals surface area contributed by atoms with E-state index in [0.717, 1.165) is 59.0 Å². The van der Waals surface area contributed by atoms with Crippen LogP contribution in [-0.2, 0) is 36.9 Å². The molecule has 1 amide bonds. The average molecular weight is 671 g/mol. The van der Waals surface area contributed by atoms with Crippen LogP contribution in [0.25, 0.3) is 10.9 Å². The van der Waals surface area contributed by atoms with Crippen LogP contribution in [0.2, 0.25) is 0 Å². The molecule has 10 nitrogen and oxygen atoms in total. The molecule has 3 aromatic carbocycles. The first-order valence-corrected chi connectivity index (χ1v) is 17.2. The van der Waals surface area contributed by atoms with Crippen molar-refractivity contribution in [2.24, 2.45) is 0 Å². The third-order valence-electron chi connectivity index (χ3n) is 8.94. The fourth-order valence-corrected chi connectivity index (χ4v) is 6.40. The van der Waals surface area contributed by atoms with Gasteiger partial charge in [0, 0.05) is 30.5 Å². The Hall–Kier alpha value is -4.06. The smallest absolute Gasteiger partial charge is 0.407 e. The third kappa shape index (κ3) is 10.2. The summed E-state index contributed by atoms with van der Waals surface area (Å²) in [5.74, 6) is 0.537. The molecule has 0 saturated carbocycles. The largest absolute Gasteiger partial charge is 0.494 e. The van der Waals surface area contributed by atoms with Crippen molar-refractivity contribution in [3.63, 3.8) is 0 Å². The van der Waals surface area contributed by atoms with Gasteiger partial charge in [0.25, 0.3) is 0 Å². The van der Waals surface area contributed by atoms with Gasteiger partial charge in [-0.3, -0.25) is 4.98 Å². The lowest BCUT2D eigenvalue weighted by Gasteiger charge is -2.42. The lowest BCUT2D eigenvalue weighted by atomic mass is 9.84. The van der Waals surface area contributed by atoms with Gasteiger partial charge < -0.3 is 38.4 Å². The van der Waals surface area contributed by atoms with E-state index in [4.69, 9.17) is 28.4 Å². The summed E-state index contributed by atoms with van der Waals surface area (Å²) in [7, 11) is 0. The van der Waals surface area contributed by atoms with Crippen LogP contribution in [-0.4, -0.2) is 85.7 Å². The average Bonchev–Trinajstić information content (AvgIpc) is 3.15. The molecule has 3 heterocycles. The van der Waals surface area contributed by atoms with Crippen molar-refractivity contribution >= 4 is 17.0 Å². The van der Waals surface area contributed by atoms with E-state index in [-0.39, 0.29) is 25.3 Å². The van der Waals surface area contributed by atoms with Gasteiger partial charge in [-0.25, -0.2) is 4.79 Å². The zero-order valence-electron chi connectivity index (χ0n) is 27.9. The highest BCUT2D eigenvalue weighted by Gasteiger charge is 2.41. The maximum absolute atomic E-state index is 12.3. The fourth-order valence-electron chi connectivity index (χ4n) is 6.40. The summed E-state index contributed by atoms with van der Waals surface area (Å²) in [5.41, 5.74) is 4.00. The molecule has 0 spiro atoms. The number of hydrogen-bond acceptors (Lipinski definition) is 8. The van der Waals surface area contributed by atoms with Crippen LogP contribution in [0.15, 0.2) is 91.1 Å². The van der Waals surface area contributed by atoms with Crippen molar-refractivity contribution in [3.8, 4) is 5.75 Å². The molecule has 2 saturated heterocycles. The lowest BCUT2D eigenvalue weighted by molar-refractivity contribution is -0.175. The van der Waals surface area contributed by atoms with Gasteiger partial charge in [-0.2, -0.15) is 0 Å². The number of piperidine rings is 1. The number of benzene rings is 3. The second-order valence-corrected chi connectivity index (χ2v) is 12.5. The second-order valence-electron chi connectivity index (χ2n) is 12.5.